The second kappa shape index (κ2) is 7.32. The van der Waals surface area contributed by atoms with Gasteiger partial charge >= 0.3 is 0 Å². The summed E-state index contributed by atoms with van der Waals surface area (Å²) in [6.07, 6.45) is 10.4. The summed E-state index contributed by atoms with van der Waals surface area (Å²) in [7, 11) is 0. The molecule has 2 N–H and O–H groups in total. The molecule has 1 aliphatic heterocycles. The number of aromatic hydroxyl groups is 1. The minimum absolute atomic E-state index is 0.226. The zero-order valence-electron chi connectivity index (χ0n) is 15.5. The Morgan fingerprint density at radius 2 is 1.69 bits per heavy atom. The zero-order chi connectivity index (χ0) is 18.1. The molecular formula is C22H31NO3. The second-order valence-corrected chi connectivity index (χ2v) is 8.99. The Balaban J connectivity index is 1.37. The van der Waals surface area contributed by atoms with Crippen molar-refractivity contribution in [1.29, 1.82) is 0 Å². The standard InChI is InChI=1S/C22H31NO3/c24-15-21(17-6-8-20(25)9-7-17)23-13-18-11-22(26,12-19(18)14-23)10-16-4-2-1-3-5-16/h6-9,15-16,18-19,21,25-26H,1-5,10-14H2/t18-,19+,21?,22+. The van der Waals surface area contributed by atoms with Crippen LogP contribution in [0, 0.1) is 17.8 Å². The third kappa shape index (κ3) is 3.67. The van der Waals surface area contributed by atoms with Crippen LogP contribution >= 0.6 is 0 Å². The van der Waals surface area contributed by atoms with E-state index in [9.17, 15) is 15.0 Å². The molecule has 2 saturated carbocycles. The summed E-state index contributed by atoms with van der Waals surface area (Å²) in [5.41, 5.74) is 0.466. The maximum Gasteiger partial charge on any atom is 0.141 e. The molecule has 4 rings (SSSR count). The SMILES string of the molecule is O=CC(c1ccc(O)cc1)N1C[C@@H]2C[C@](O)(CC3CCCCC3)C[C@@H]2C1. The number of likely N-dealkylation sites (tertiary alicyclic amines) is 1. The summed E-state index contributed by atoms with van der Waals surface area (Å²) in [6.45, 7) is 1.78. The van der Waals surface area contributed by atoms with Crippen LogP contribution in [0.5, 0.6) is 5.75 Å². The quantitative estimate of drug-likeness (QED) is 0.789. The predicted octanol–water partition coefficient (Wildman–Crippen LogP) is 3.68. The highest BCUT2D eigenvalue weighted by molar-refractivity contribution is 5.61. The number of benzene rings is 1. The molecule has 1 aromatic rings. The van der Waals surface area contributed by atoms with E-state index in [1.807, 2.05) is 12.1 Å². The Labute approximate surface area is 156 Å². The van der Waals surface area contributed by atoms with E-state index in [1.165, 1.54) is 32.1 Å². The summed E-state index contributed by atoms with van der Waals surface area (Å²) in [5, 5.41) is 20.6. The lowest BCUT2D eigenvalue weighted by Crippen LogP contribution is -2.34. The van der Waals surface area contributed by atoms with Crippen molar-refractivity contribution in [2.45, 2.75) is 63.0 Å². The minimum atomic E-state index is -0.474. The highest BCUT2D eigenvalue weighted by atomic mass is 16.3. The Morgan fingerprint density at radius 1 is 1.08 bits per heavy atom. The Morgan fingerprint density at radius 3 is 2.27 bits per heavy atom. The first-order valence-corrected chi connectivity index (χ1v) is 10.3. The number of carbonyl (C=O) groups is 1. The highest BCUT2D eigenvalue weighted by Gasteiger charge is 2.49. The molecule has 1 aromatic carbocycles. The molecule has 0 aromatic heterocycles. The van der Waals surface area contributed by atoms with E-state index in [0.717, 1.165) is 44.2 Å². The normalized spacial score (nSPS) is 33.9. The third-order valence-electron chi connectivity index (χ3n) is 7.04. The van der Waals surface area contributed by atoms with E-state index in [-0.39, 0.29) is 11.8 Å². The van der Waals surface area contributed by atoms with Crippen molar-refractivity contribution in [2.24, 2.45) is 17.8 Å². The Bertz CT molecular complexity index is 609. The van der Waals surface area contributed by atoms with Crippen molar-refractivity contribution in [2.75, 3.05) is 13.1 Å². The predicted molar refractivity (Wildman–Crippen MR) is 101 cm³/mol. The monoisotopic (exact) mass is 357 g/mol. The summed E-state index contributed by atoms with van der Waals surface area (Å²) in [4.78, 5) is 14.0. The van der Waals surface area contributed by atoms with Gasteiger partial charge in [0.05, 0.1) is 11.6 Å². The van der Waals surface area contributed by atoms with Gasteiger partial charge in [0.2, 0.25) is 0 Å². The van der Waals surface area contributed by atoms with Crippen LogP contribution in [0.1, 0.15) is 63.0 Å². The first kappa shape index (κ1) is 18.0. The lowest BCUT2D eigenvalue weighted by Gasteiger charge is -2.32. The molecule has 1 saturated heterocycles. The molecule has 1 heterocycles. The Kier molecular flexibility index (Phi) is 5.07. The molecule has 142 valence electrons. The number of nitrogens with zero attached hydrogens (tertiary/aromatic N) is 1. The Hall–Kier alpha value is -1.39. The van der Waals surface area contributed by atoms with Crippen LogP contribution in [-0.4, -0.2) is 40.1 Å². The molecule has 0 amide bonds. The lowest BCUT2D eigenvalue weighted by molar-refractivity contribution is -0.112. The smallest absolute Gasteiger partial charge is 0.141 e. The molecule has 1 unspecified atom stereocenters. The molecule has 26 heavy (non-hydrogen) atoms. The van der Waals surface area contributed by atoms with Crippen molar-refractivity contribution >= 4 is 6.29 Å². The number of fused-ring (bicyclic) bond motifs is 1. The summed E-state index contributed by atoms with van der Waals surface area (Å²) in [6, 6.07) is 6.72. The van der Waals surface area contributed by atoms with Gasteiger partial charge in [-0.3, -0.25) is 4.90 Å². The fraction of sp³-hybridized carbons (Fsp3) is 0.682. The molecule has 0 spiro atoms. The zero-order valence-corrected chi connectivity index (χ0v) is 15.5. The van der Waals surface area contributed by atoms with Crippen molar-refractivity contribution in [3.05, 3.63) is 29.8 Å². The number of aldehydes is 1. The van der Waals surface area contributed by atoms with Crippen LogP contribution in [0.2, 0.25) is 0 Å². The van der Waals surface area contributed by atoms with Crippen LogP contribution < -0.4 is 0 Å². The second-order valence-electron chi connectivity index (χ2n) is 8.99. The number of hydrogen-bond acceptors (Lipinski definition) is 4. The van der Waals surface area contributed by atoms with Crippen molar-refractivity contribution in [1.82, 2.24) is 4.90 Å². The van der Waals surface area contributed by atoms with Gasteiger partial charge in [-0.2, -0.15) is 0 Å². The van der Waals surface area contributed by atoms with E-state index in [4.69, 9.17) is 0 Å². The lowest BCUT2D eigenvalue weighted by atomic mass is 9.79. The summed E-state index contributed by atoms with van der Waals surface area (Å²) in [5.74, 6) is 1.94. The number of hydrogen-bond donors (Lipinski definition) is 2. The van der Waals surface area contributed by atoms with Gasteiger partial charge in [-0.25, -0.2) is 0 Å². The van der Waals surface area contributed by atoms with Gasteiger partial charge in [-0.1, -0.05) is 44.2 Å². The maximum absolute atomic E-state index is 11.7. The van der Waals surface area contributed by atoms with Gasteiger partial charge in [-0.05, 0) is 54.7 Å². The average molecular weight is 357 g/mol. The minimum Gasteiger partial charge on any atom is -0.508 e. The molecular weight excluding hydrogens is 326 g/mol. The maximum atomic E-state index is 11.7. The largest absolute Gasteiger partial charge is 0.508 e. The van der Waals surface area contributed by atoms with E-state index in [1.54, 1.807) is 12.1 Å². The van der Waals surface area contributed by atoms with Gasteiger partial charge in [0.1, 0.15) is 12.0 Å². The number of aliphatic hydroxyl groups is 1. The fourth-order valence-electron chi connectivity index (χ4n) is 5.87. The van der Waals surface area contributed by atoms with Crippen LogP contribution in [-0.2, 0) is 4.79 Å². The van der Waals surface area contributed by atoms with Gasteiger partial charge < -0.3 is 15.0 Å². The van der Waals surface area contributed by atoms with Gasteiger partial charge in [0, 0.05) is 13.1 Å². The average Bonchev–Trinajstić information content (AvgIpc) is 3.12. The number of phenols is 1. The van der Waals surface area contributed by atoms with E-state index in [2.05, 4.69) is 4.90 Å². The number of carbonyl (C=O) groups excluding carboxylic acids is 1. The third-order valence-corrected chi connectivity index (χ3v) is 7.04. The van der Waals surface area contributed by atoms with E-state index < -0.39 is 5.60 Å². The number of phenolic OH excluding ortho intramolecular Hbond substituents is 1. The van der Waals surface area contributed by atoms with Crippen molar-refractivity contribution in [3.63, 3.8) is 0 Å². The summed E-state index contributed by atoms with van der Waals surface area (Å²) >= 11 is 0. The molecule has 2 aliphatic carbocycles. The van der Waals surface area contributed by atoms with Crippen LogP contribution in [0.15, 0.2) is 24.3 Å². The highest BCUT2D eigenvalue weighted by Crippen LogP contribution is 2.49. The van der Waals surface area contributed by atoms with Crippen molar-refractivity contribution < 1.29 is 15.0 Å². The van der Waals surface area contributed by atoms with Crippen LogP contribution in [0.3, 0.4) is 0 Å². The van der Waals surface area contributed by atoms with E-state index in [0.29, 0.717) is 17.8 Å². The van der Waals surface area contributed by atoms with Crippen LogP contribution in [0.25, 0.3) is 0 Å². The topological polar surface area (TPSA) is 60.8 Å². The van der Waals surface area contributed by atoms with Crippen LogP contribution in [0.4, 0.5) is 0 Å². The summed E-state index contributed by atoms with van der Waals surface area (Å²) < 4.78 is 0. The first-order chi connectivity index (χ1) is 12.6. The fourth-order valence-corrected chi connectivity index (χ4v) is 5.87. The first-order valence-electron chi connectivity index (χ1n) is 10.3. The van der Waals surface area contributed by atoms with Gasteiger partial charge in [-0.15, -0.1) is 0 Å². The van der Waals surface area contributed by atoms with Gasteiger partial charge in [0.25, 0.3) is 0 Å². The molecule has 3 fully saturated rings. The molecule has 0 radical (unpaired) electrons. The van der Waals surface area contributed by atoms with Crippen molar-refractivity contribution in [3.8, 4) is 5.75 Å². The molecule has 0 bridgehead atoms. The molecule has 4 heteroatoms. The molecule has 4 atom stereocenters. The number of rotatable bonds is 5. The van der Waals surface area contributed by atoms with E-state index >= 15 is 0 Å². The van der Waals surface area contributed by atoms with Gasteiger partial charge in [0.15, 0.2) is 0 Å². The molecule has 4 nitrogen and oxygen atoms in total. The molecule has 3 aliphatic rings.